The molecule has 0 saturated carbocycles. The second kappa shape index (κ2) is 5.36. The van der Waals surface area contributed by atoms with Crippen LogP contribution in [0.3, 0.4) is 0 Å². The SMILES string of the molecule is CCCC(O)C(=O)Nc1cccc(O)c1. The highest BCUT2D eigenvalue weighted by Crippen LogP contribution is 2.15. The van der Waals surface area contributed by atoms with Gasteiger partial charge in [0.05, 0.1) is 0 Å². The predicted molar refractivity (Wildman–Crippen MR) is 57.7 cm³/mol. The van der Waals surface area contributed by atoms with Crippen molar-refractivity contribution in [3.63, 3.8) is 0 Å². The molecule has 1 atom stereocenters. The van der Waals surface area contributed by atoms with Crippen LogP contribution in [0.1, 0.15) is 19.8 Å². The van der Waals surface area contributed by atoms with Crippen molar-refractivity contribution in [2.24, 2.45) is 0 Å². The van der Waals surface area contributed by atoms with E-state index in [1.165, 1.54) is 12.1 Å². The molecule has 1 aromatic carbocycles. The largest absolute Gasteiger partial charge is 0.508 e. The Morgan fingerprint density at radius 2 is 2.27 bits per heavy atom. The standard InChI is InChI=1S/C11H15NO3/c1-2-4-10(14)11(15)12-8-5-3-6-9(13)7-8/h3,5-7,10,13-14H,2,4H2,1H3,(H,12,15). The van der Waals surface area contributed by atoms with Crippen LogP contribution in [0.2, 0.25) is 0 Å². The van der Waals surface area contributed by atoms with Gasteiger partial charge in [-0.1, -0.05) is 19.4 Å². The smallest absolute Gasteiger partial charge is 0.253 e. The molecule has 82 valence electrons. The van der Waals surface area contributed by atoms with Gasteiger partial charge >= 0.3 is 0 Å². The Kier molecular flexibility index (Phi) is 4.12. The number of anilines is 1. The fourth-order valence-corrected chi connectivity index (χ4v) is 1.21. The van der Waals surface area contributed by atoms with Crippen LogP contribution in [-0.4, -0.2) is 22.2 Å². The van der Waals surface area contributed by atoms with Crippen LogP contribution in [0.5, 0.6) is 5.75 Å². The number of benzene rings is 1. The molecular formula is C11H15NO3. The minimum atomic E-state index is -0.989. The second-order valence-corrected chi connectivity index (χ2v) is 3.34. The van der Waals surface area contributed by atoms with Crippen LogP contribution in [0, 0.1) is 0 Å². The van der Waals surface area contributed by atoms with Gasteiger partial charge < -0.3 is 15.5 Å². The van der Waals surface area contributed by atoms with Crippen molar-refractivity contribution in [2.45, 2.75) is 25.9 Å². The van der Waals surface area contributed by atoms with Gasteiger partial charge in [0.25, 0.3) is 5.91 Å². The predicted octanol–water partition coefficient (Wildman–Crippen LogP) is 1.49. The van der Waals surface area contributed by atoms with E-state index in [2.05, 4.69) is 5.32 Å². The number of rotatable bonds is 4. The zero-order chi connectivity index (χ0) is 11.3. The molecule has 4 heteroatoms. The summed E-state index contributed by atoms with van der Waals surface area (Å²) >= 11 is 0. The van der Waals surface area contributed by atoms with Crippen LogP contribution in [0.4, 0.5) is 5.69 Å². The zero-order valence-electron chi connectivity index (χ0n) is 8.60. The van der Waals surface area contributed by atoms with Crippen LogP contribution < -0.4 is 5.32 Å². The number of carbonyl (C=O) groups is 1. The molecule has 0 aliphatic rings. The third kappa shape index (κ3) is 3.59. The van der Waals surface area contributed by atoms with Crippen molar-refractivity contribution in [3.8, 4) is 5.75 Å². The van der Waals surface area contributed by atoms with Crippen LogP contribution in [0.25, 0.3) is 0 Å². The molecule has 0 fully saturated rings. The Labute approximate surface area is 88.6 Å². The number of nitrogens with one attached hydrogen (secondary N) is 1. The van der Waals surface area contributed by atoms with Crippen molar-refractivity contribution in [2.75, 3.05) is 5.32 Å². The Balaban J connectivity index is 2.58. The van der Waals surface area contributed by atoms with E-state index in [1.807, 2.05) is 6.92 Å². The number of hydrogen-bond acceptors (Lipinski definition) is 3. The molecule has 0 radical (unpaired) electrons. The van der Waals surface area contributed by atoms with Gasteiger partial charge in [-0.3, -0.25) is 4.79 Å². The fraction of sp³-hybridized carbons (Fsp3) is 0.364. The summed E-state index contributed by atoms with van der Waals surface area (Å²) in [6.07, 6.45) is 0.191. The first-order chi connectivity index (χ1) is 7.13. The topological polar surface area (TPSA) is 69.6 Å². The molecule has 1 rings (SSSR count). The second-order valence-electron chi connectivity index (χ2n) is 3.34. The first-order valence-electron chi connectivity index (χ1n) is 4.91. The number of phenols is 1. The van der Waals surface area contributed by atoms with Crippen molar-refractivity contribution < 1.29 is 15.0 Å². The number of carbonyl (C=O) groups excluding carboxylic acids is 1. The maximum absolute atomic E-state index is 11.4. The summed E-state index contributed by atoms with van der Waals surface area (Å²) in [5.41, 5.74) is 0.482. The van der Waals surface area contributed by atoms with Crippen molar-refractivity contribution in [1.82, 2.24) is 0 Å². The molecule has 1 amide bonds. The monoisotopic (exact) mass is 209 g/mol. The molecule has 15 heavy (non-hydrogen) atoms. The van der Waals surface area contributed by atoms with E-state index in [0.717, 1.165) is 6.42 Å². The number of aromatic hydroxyl groups is 1. The lowest BCUT2D eigenvalue weighted by Crippen LogP contribution is -2.27. The van der Waals surface area contributed by atoms with Gasteiger partial charge in [0.15, 0.2) is 0 Å². The highest BCUT2D eigenvalue weighted by molar-refractivity contribution is 5.94. The molecule has 0 aliphatic carbocycles. The van der Waals surface area contributed by atoms with Gasteiger partial charge in [0, 0.05) is 11.8 Å². The summed E-state index contributed by atoms with van der Waals surface area (Å²) in [7, 11) is 0. The maximum atomic E-state index is 11.4. The Bertz CT molecular complexity index is 338. The number of aliphatic hydroxyl groups excluding tert-OH is 1. The van der Waals surface area contributed by atoms with E-state index in [4.69, 9.17) is 5.11 Å². The zero-order valence-corrected chi connectivity index (χ0v) is 8.60. The van der Waals surface area contributed by atoms with Crippen molar-refractivity contribution >= 4 is 11.6 Å². The van der Waals surface area contributed by atoms with Gasteiger partial charge in [-0.25, -0.2) is 0 Å². The van der Waals surface area contributed by atoms with E-state index in [-0.39, 0.29) is 5.75 Å². The number of hydrogen-bond donors (Lipinski definition) is 3. The number of aliphatic hydroxyl groups is 1. The van der Waals surface area contributed by atoms with E-state index in [1.54, 1.807) is 12.1 Å². The fourth-order valence-electron chi connectivity index (χ4n) is 1.21. The minimum absolute atomic E-state index is 0.0813. The third-order valence-electron chi connectivity index (χ3n) is 1.98. The average Bonchev–Trinajstić information content (AvgIpc) is 2.18. The summed E-state index contributed by atoms with van der Waals surface area (Å²) < 4.78 is 0. The summed E-state index contributed by atoms with van der Waals surface area (Å²) in [5, 5.41) is 21.0. The lowest BCUT2D eigenvalue weighted by Gasteiger charge is -2.10. The van der Waals surface area contributed by atoms with Crippen LogP contribution in [0.15, 0.2) is 24.3 Å². The van der Waals surface area contributed by atoms with Crippen molar-refractivity contribution in [1.29, 1.82) is 0 Å². The molecule has 3 N–H and O–H groups in total. The van der Waals surface area contributed by atoms with Crippen LogP contribution in [-0.2, 0) is 4.79 Å². The normalized spacial score (nSPS) is 12.1. The molecule has 0 aromatic heterocycles. The van der Waals surface area contributed by atoms with Gasteiger partial charge in [0.2, 0.25) is 0 Å². The molecule has 1 aromatic rings. The number of amides is 1. The maximum Gasteiger partial charge on any atom is 0.253 e. The lowest BCUT2D eigenvalue weighted by molar-refractivity contribution is -0.124. The Morgan fingerprint density at radius 3 is 2.87 bits per heavy atom. The van der Waals surface area contributed by atoms with Gasteiger partial charge in [-0.2, -0.15) is 0 Å². The Hall–Kier alpha value is -1.55. The van der Waals surface area contributed by atoms with Gasteiger partial charge in [-0.05, 0) is 18.6 Å². The van der Waals surface area contributed by atoms with Crippen LogP contribution >= 0.6 is 0 Å². The van der Waals surface area contributed by atoms with E-state index in [0.29, 0.717) is 12.1 Å². The minimum Gasteiger partial charge on any atom is -0.508 e. The average molecular weight is 209 g/mol. The van der Waals surface area contributed by atoms with E-state index < -0.39 is 12.0 Å². The Morgan fingerprint density at radius 1 is 1.53 bits per heavy atom. The van der Waals surface area contributed by atoms with Gasteiger partial charge in [0.1, 0.15) is 11.9 Å². The van der Waals surface area contributed by atoms with E-state index in [9.17, 15) is 9.90 Å². The summed E-state index contributed by atoms with van der Waals surface area (Å²) in [5.74, 6) is -0.361. The van der Waals surface area contributed by atoms with Gasteiger partial charge in [-0.15, -0.1) is 0 Å². The highest BCUT2D eigenvalue weighted by Gasteiger charge is 2.13. The summed E-state index contributed by atoms with van der Waals surface area (Å²) in [6, 6.07) is 6.21. The summed E-state index contributed by atoms with van der Waals surface area (Å²) in [4.78, 5) is 11.4. The van der Waals surface area contributed by atoms with E-state index >= 15 is 0 Å². The first-order valence-corrected chi connectivity index (χ1v) is 4.91. The first kappa shape index (κ1) is 11.5. The molecule has 0 spiro atoms. The quantitative estimate of drug-likeness (QED) is 0.703. The molecule has 0 saturated heterocycles. The van der Waals surface area contributed by atoms with Crippen molar-refractivity contribution in [3.05, 3.63) is 24.3 Å². The molecule has 1 unspecified atom stereocenters. The molecular weight excluding hydrogens is 194 g/mol. The molecule has 4 nitrogen and oxygen atoms in total. The molecule has 0 heterocycles. The third-order valence-corrected chi connectivity index (χ3v) is 1.98. The number of phenolic OH excluding ortho intramolecular Hbond substituents is 1. The molecule has 0 aliphatic heterocycles. The lowest BCUT2D eigenvalue weighted by atomic mass is 10.2. The molecule has 0 bridgehead atoms. The summed E-state index contributed by atoms with van der Waals surface area (Å²) in [6.45, 7) is 1.89. The highest BCUT2D eigenvalue weighted by atomic mass is 16.3.